The van der Waals surface area contributed by atoms with Gasteiger partial charge in [0.05, 0.1) is 19.5 Å². The maximum atomic E-state index is 12.3. The molecule has 1 amide bonds. The predicted molar refractivity (Wildman–Crippen MR) is 114 cm³/mol. The van der Waals surface area contributed by atoms with Gasteiger partial charge in [-0.1, -0.05) is 42.5 Å². The van der Waals surface area contributed by atoms with Gasteiger partial charge in [-0.25, -0.2) is 9.97 Å². The summed E-state index contributed by atoms with van der Waals surface area (Å²) in [6.07, 6.45) is 3.93. The Morgan fingerprint density at radius 1 is 1.00 bits per heavy atom. The van der Waals surface area contributed by atoms with E-state index < -0.39 is 0 Å². The number of amides is 1. The normalized spacial score (nSPS) is 10.4. The van der Waals surface area contributed by atoms with E-state index in [1.54, 1.807) is 13.3 Å². The molecule has 0 spiro atoms. The van der Waals surface area contributed by atoms with Gasteiger partial charge in [-0.15, -0.1) is 0 Å². The van der Waals surface area contributed by atoms with Crippen LogP contribution < -0.4 is 15.0 Å². The number of benzene rings is 2. The smallest absolute Gasteiger partial charge is 0.271 e. The molecule has 0 saturated carbocycles. The summed E-state index contributed by atoms with van der Waals surface area (Å²) in [5, 5.41) is 2.89. The van der Waals surface area contributed by atoms with Gasteiger partial charge >= 0.3 is 0 Å². The maximum absolute atomic E-state index is 12.3. The average Bonchev–Trinajstić information content (AvgIpc) is 2.78. The molecular formula is C23H26N4O2. The Morgan fingerprint density at radius 2 is 1.76 bits per heavy atom. The van der Waals surface area contributed by atoms with Gasteiger partial charge in [-0.2, -0.15) is 0 Å². The van der Waals surface area contributed by atoms with Gasteiger partial charge in [-0.05, 0) is 36.6 Å². The third-order valence-corrected chi connectivity index (χ3v) is 4.65. The topological polar surface area (TPSA) is 67.4 Å². The standard InChI is InChI=1S/C23H26N4O2/c1-3-27(17-19-7-5-4-6-8-19)22-16-25-21(15-26-22)23(28)24-14-13-18-9-11-20(29-2)12-10-18/h4-12,15-16H,3,13-14,17H2,1-2H3,(H,24,28). The monoisotopic (exact) mass is 390 g/mol. The number of carbonyl (C=O) groups excluding carboxylic acids is 1. The van der Waals surface area contributed by atoms with Crippen LogP contribution in [0.25, 0.3) is 0 Å². The van der Waals surface area contributed by atoms with Gasteiger partial charge in [0.1, 0.15) is 17.3 Å². The number of nitrogens with zero attached hydrogens (tertiary/aromatic N) is 3. The van der Waals surface area contributed by atoms with Crippen molar-refractivity contribution in [3.05, 3.63) is 83.8 Å². The van der Waals surface area contributed by atoms with Crippen molar-refractivity contribution in [3.8, 4) is 5.75 Å². The van der Waals surface area contributed by atoms with E-state index in [0.29, 0.717) is 12.2 Å². The minimum absolute atomic E-state index is 0.219. The van der Waals surface area contributed by atoms with E-state index in [0.717, 1.165) is 36.6 Å². The molecule has 3 aromatic rings. The highest BCUT2D eigenvalue weighted by molar-refractivity contribution is 5.92. The van der Waals surface area contributed by atoms with Crippen LogP contribution >= 0.6 is 0 Å². The van der Waals surface area contributed by atoms with Crippen molar-refractivity contribution in [2.75, 3.05) is 25.1 Å². The van der Waals surface area contributed by atoms with Crippen molar-refractivity contribution in [2.45, 2.75) is 19.9 Å². The van der Waals surface area contributed by atoms with Crippen LogP contribution in [0, 0.1) is 0 Å². The van der Waals surface area contributed by atoms with Gasteiger partial charge in [0.2, 0.25) is 0 Å². The highest BCUT2D eigenvalue weighted by atomic mass is 16.5. The summed E-state index contributed by atoms with van der Waals surface area (Å²) in [5.41, 5.74) is 2.66. The van der Waals surface area contributed by atoms with Gasteiger partial charge in [0.15, 0.2) is 0 Å². The SMILES string of the molecule is CCN(Cc1ccccc1)c1cnc(C(=O)NCCc2ccc(OC)cc2)cn1. The third-order valence-electron chi connectivity index (χ3n) is 4.65. The lowest BCUT2D eigenvalue weighted by Crippen LogP contribution is -2.27. The van der Waals surface area contributed by atoms with Crippen molar-refractivity contribution in [3.63, 3.8) is 0 Å². The third kappa shape index (κ3) is 5.78. The lowest BCUT2D eigenvalue weighted by atomic mass is 10.1. The molecule has 2 aromatic carbocycles. The van der Waals surface area contributed by atoms with Crippen LogP contribution in [0.5, 0.6) is 5.75 Å². The lowest BCUT2D eigenvalue weighted by Gasteiger charge is -2.21. The molecule has 0 fully saturated rings. The summed E-state index contributed by atoms with van der Waals surface area (Å²) in [4.78, 5) is 23.2. The van der Waals surface area contributed by atoms with E-state index in [2.05, 4.69) is 39.2 Å². The van der Waals surface area contributed by atoms with E-state index in [4.69, 9.17) is 4.74 Å². The van der Waals surface area contributed by atoms with Gasteiger partial charge in [0, 0.05) is 19.6 Å². The van der Waals surface area contributed by atoms with Crippen LogP contribution in [0.2, 0.25) is 0 Å². The molecule has 6 nitrogen and oxygen atoms in total. The Morgan fingerprint density at radius 3 is 2.38 bits per heavy atom. The lowest BCUT2D eigenvalue weighted by molar-refractivity contribution is 0.0949. The molecule has 3 rings (SSSR count). The fourth-order valence-electron chi connectivity index (χ4n) is 2.96. The zero-order valence-corrected chi connectivity index (χ0v) is 16.8. The van der Waals surface area contributed by atoms with Gasteiger partial charge < -0.3 is 15.0 Å². The summed E-state index contributed by atoms with van der Waals surface area (Å²) < 4.78 is 5.15. The Balaban J connectivity index is 1.53. The minimum atomic E-state index is -0.219. The highest BCUT2D eigenvalue weighted by Crippen LogP contribution is 2.14. The van der Waals surface area contributed by atoms with Crippen molar-refractivity contribution < 1.29 is 9.53 Å². The first-order chi connectivity index (χ1) is 14.2. The molecule has 0 aliphatic heterocycles. The first-order valence-electron chi connectivity index (χ1n) is 9.71. The van der Waals surface area contributed by atoms with E-state index in [1.807, 2.05) is 42.5 Å². The summed E-state index contributed by atoms with van der Waals surface area (Å²) in [6.45, 7) is 4.16. The first-order valence-corrected chi connectivity index (χ1v) is 9.71. The minimum Gasteiger partial charge on any atom is -0.497 e. The second kappa shape index (κ2) is 10.2. The number of nitrogens with one attached hydrogen (secondary N) is 1. The summed E-state index contributed by atoms with van der Waals surface area (Å²) >= 11 is 0. The Kier molecular flexibility index (Phi) is 7.16. The van der Waals surface area contributed by atoms with Crippen LogP contribution in [-0.4, -0.2) is 36.1 Å². The number of hydrogen-bond acceptors (Lipinski definition) is 5. The number of carbonyl (C=O) groups is 1. The largest absolute Gasteiger partial charge is 0.497 e. The first kappa shape index (κ1) is 20.3. The number of methoxy groups -OCH3 is 1. The van der Waals surface area contributed by atoms with Crippen molar-refractivity contribution in [2.24, 2.45) is 0 Å². The number of aromatic nitrogens is 2. The molecular weight excluding hydrogens is 364 g/mol. The number of hydrogen-bond donors (Lipinski definition) is 1. The van der Waals surface area contributed by atoms with E-state index >= 15 is 0 Å². The number of rotatable bonds is 9. The quantitative estimate of drug-likeness (QED) is 0.606. The Hall–Kier alpha value is -3.41. The van der Waals surface area contributed by atoms with E-state index in [-0.39, 0.29) is 5.91 Å². The molecule has 0 unspecified atom stereocenters. The van der Waals surface area contributed by atoms with Crippen molar-refractivity contribution in [1.29, 1.82) is 0 Å². The molecule has 0 aliphatic carbocycles. The maximum Gasteiger partial charge on any atom is 0.271 e. The van der Waals surface area contributed by atoms with Gasteiger partial charge in [-0.3, -0.25) is 4.79 Å². The molecule has 29 heavy (non-hydrogen) atoms. The summed E-state index contributed by atoms with van der Waals surface area (Å²) in [5.74, 6) is 1.36. The molecule has 1 aromatic heterocycles. The van der Waals surface area contributed by atoms with Crippen molar-refractivity contribution >= 4 is 11.7 Å². The molecule has 0 saturated heterocycles. The molecule has 0 bridgehead atoms. The fraction of sp³-hybridized carbons (Fsp3) is 0.261. The molecule has 0 atom stereocenters. The number of anilines is 1. The van der Waals surface area contributed by atoms with Crippen molar-refractivity contribution in [1.82, 2.24) is 15.3 Å². The van der Waals surface area contributed by atoms with E-state index in [1.165, 1.54) is 11.8 Å². The summed E-state index contributed by atoms with van der Waals surface area (Å²) in [7, 11) is 1.64. The van der Waals surface area contributed by atoms with Gasteiger partial charge in [0.25, 0.3) is 5.91 Å². The fourth-order valence-corrected chi connectivity index (χ4v) is 2.96. The zero-order valence-electron chi connectivity index (χ0n) is 16.8. The average molecular weight is 390 g/mol. The van der Waals surface area contributed by atoms with Crippen LogP contribution in [0.15, 0.2) is 67.0 Å². The van der Waals surface area contributed by atoms with Crippen LogP contribution in [-0.2, 0) is 13.0 Å². The van der Waals surface area contributed by atoms with Crippen LogP contribution in [0.1, 0.15) is 28.5 Å². The molecule has 6 heteroatoms. The number of ether oxygens (including phenoxy) is 1. The molecule has 1 N–H and O–H groups in total. The Labute approximate surface area is 171 Å². The molecule has 1 heterocycles. The zero-order chi connectivity index (χ0) is 20.5. The molecule has 0 aliphatic rings. The summed E-state index contributed by atoms with van der Waals surface area (Å²) in [6, 6.07) is 18.0. The predicted octanol–water partition coefficient (Wildman–Crippen LogP) is 3.48. The second-order valence-electron chi connectivity index (χ2n) is 6.61. The second-order valence-corrected chi connectivity index (χ2v) is 6.61. The van der Waals surface area contributed by atoms with Crippen LogP contribution in [0.3, 0.4) is 0 Å². The Bertz CT molecular complexity index is 896. The van der Waals surface area contributed by atoms with Crippen LogP contribution in [0.4, 0.5) is 5.82 Å². The molecule has 0 radical (unpaired) electrons. The highest BCUT2D eigenvalue weighted by Gasteiger charge is 2.11. The molecule has 150 valence electrons. The van der Waals surface area contributed by atoms with E-state index in [9.17, 15) is 4.79 Å².